The largest absolute Gasteiger partial charge is 0.382 e. The number of benzene rings is 1. The normalized spacial score (nSPS) is 13.7. The summed E-state index contributed by atoms with van der Waals surface area (Å²) in [5.41, 5.74) is 5.21. The maximum Gasteiger partial charge on any atom is 0.279 e. The summed E-state index contributed by atoms with van der Waals surface area (Å²) in [5.74, 6) is -2.36. The monoisotopic (exact) mass is 439 g/mol. The molecule has 4 rings (SSSR count). The van der Waals surface area contributed by atoms with Gasteiger partial charge in [0.25, 0.3) is 11.8 Å². The van der Waals surface area contributed by atoms with Crippen LogP contribution < -0.4 is 16.0 Å². The predicted molar refractivity (Wildman–Crippen MR) is 113 cm³/mol. The van der Waals surface area contributed by atoms with Crippen LogP contribution in [0, 0.1) is 11.6 Å². The first-order chi connectivity index (χ1) is 15.4. The summed E-state index contributed by atoms with van der Waals surface area (Å²) in [6, 6.07) is 8.38. The third-order valence-electron chi connectivity index (χ3n) is 4.98. The van der Waals surface area contributed by atoms with Crippen molar-refractivity contribution in [1.82, 2.24) is 19.9 Å². The van der Waals surface area contributed by atoms with Gasteiger partial charge in [0.05, 0.1) is 6.20 Å². The molecule has 0 saturated carbocycles. The van der Waals surface area contributed by atoms with Crippen LogP contribution in [0.2, 0.25) is 0 Å². The van der Waals surface area contributed by atoms with Crippen LogP contribution in [0.4, 0.5) is 26.2 Å². The molecule has 9 nitrogen and oxygen atoms in total. The highest BCUT2D eigenvalue weighted by molar-refractivity contribution is 6.05. The molecule has 11 heteroatoms. The summed E-state index contributed by atoms with van der Waals surface area (Å²) in [6.07, 6.45) is 2.97. The van der Waals surface area contributed by atoms with E-state index in [0.717, 1.165) is 12.1 Å². The van der Waals surface area contributed by atoms with Gasteiger partial charge in [0.2, 0.25) is 0 Å². The number of hydrogen-bond acceptors (Lipinski definition) is 7. The van der Waals surface area contributed by atoms with Crippen LogP contribution in [-0.2, 0) is 0 Å². The Hall–Kier alpha value is -4.15. The number of carbonyl (C=O) groups excluding carboxylic acids is 2. The van der Waals surface area contributed by atoms with E-state index in [9.17, 15) is 18.4 Å². The molecule has 1 aromatic carbocycles. The van der Waals surface area contributed by atoms with E-state index in [4.69, 9.17) is 5.73 Å². The van der Waals surface area contributed by atoms with E-state index < -0.39 is 29.0 Å². The average molecular weight is 439 g/mol. The van der Waals surface area contributed by atoms with Gasteiger partial charge >= 0.3 is 0 Å². The number of piperazine rings is 1. The summed E-state index contributed by atoms with van der Waals surface area (Å²) < 4.78 is 27.9. The zero-order chi connectivity index (χ0) is 22.7. The van der Waals surface area contributed by atoms with E-state index >= 15 is 0 Å². The van der Waals surface area contributed by atoms with Gasteiger partial charge < -0.3 is 20.9 Å². The minimum atomic E-state index is -0.898. The highest BCUT2D eigenvalue weighted by Crippen LogP contribution is 2.20. The molecule has 2 aromatic heterocycles. The van der Waals surface area contributed by atoms with Crippen LogP contribution in [0.1, 0.15) is 20.8 Å². The van der Waals surface area contributed by atoms with Gasteiger partial charge in [0.1, 0.15) is 28.8 Å². The molecule has 2 amide bonds. The first-order valence-corrected chi connectivity index (χ1v) is 9.77. The van der Waals surface area contributed by atoms with Crippen LogP contribution >= 0.6 is 0 Å². The number of nitrogens with two attached hydrogens (primary N) is 1. The van der Waals surface area contributed by atoms with Gasteiger partial charge in [0.15, 0.2) is 11.5 Å². The van der Waals surface area contributed by atoms with Gasteiger partial charge in [-0.05, 0) is 24.3 Å². The van der Waals surface area contributed by atoms with Crippen LogP contribution in [0.15, 0.2) is 48.8 Å². The molecule has 32 heavy (non-hydrogen) atoms. The fraction of sp³-hybridized carbons (Fsp3) is 0.190. The van der Waals surface area contributed by atoms with Crippen molar-refractivity contribution < 1.29 is 18.4 Å². The van der Waals surface area contributed by atoms with Gasteiger partial charge in [-0.15, -0.1) is 0 Å². The molecule has 164 valence electrons. The zero-order valence-corrected chi connectivity index (χ0v) is 16.8. The lowest BCUT2D eigenvalue weighted by Gasteiger charge is -2.35. The lowest BCUT2D eigenvalue weighted by molar-refractivity contribution is 0.0736. The number of rotatable bonds is 4. The van der Waals surface area contributed by atoms with Crippen molar-refractivity contribution in [3.63, 3.8) is 0 Å². The van der Waals surface area contributed by atoms with E-state index in [1.807, 2.05) is 4.90 Å². The topological polar surface area (TPSA) is 117 Å². The lowest BCUT2D eigenvalue weighted by atomic mass is 10.1. The second-order valence-electron chi connectivity index (χ2n) is 7.01. The minimum absolute atomic E-state index is 0.0361. The third-order valence-corrected chi connectivity index (χ3v) is 4.98. The second kappa shape index (κ2) is 8.92. The van der Waals surface area contributed by atoms with Crippen molar-refractivity contribution in [2.24, 2.45) is 0 Å². The molecule has 3 aromatic rings. The van der Waals surface area contributed by atoms with Gasteiger partial charge in [-0.3, -0.25) is 9.59 Å². The van der Waals surface area contributed by atoms with Crippen LogP contribution in [0.3, 0.4) is 0 Å². The maximum atomic E-state index is 13.9. The Morgan fingerprint density at radius 1 is 0.969 bits per heavy atom. The number of nitrogens with one attached hydrogen (secondary N) is 1. The highest BCUT2D eigenvalue weighted by atomic mass is 19.1. The number of halogens is 2. The molecule has 0 unspecified atom stereocenters. The molecule has 0 radical (unpaired) electrons. The number of carbonyl (C=O) groups is 2. The minimum Gasteiger partial charge on any atom is -0.382 e. The smallest absolute Gasteiger partial charge is 0.279 e. The van der Waals surface area contributed by atoms with Gasteiger partial charge in [0, 0.05) is 32.4 Å². The summed E-state index contributed by atoms with van der Waals surface area (Å²) >= 11 is 0. The van der Waals surface area contributed by atoms with E-state index in [-0.39, 0.29) is 24.6 Å². The Kier molecular flexibility index (Phi) is 5.88. The SMILES string of the molecule is Nc1ncc(N2CCN(C(=O)c3c(F)cccc3F)CC2)nc1C(=O)Nc1ccccn1. The fourth-order valence-electron chi connectivity index (χ4n) is 3.32. The van der Waals surface area contributed by atoms with E-state index in [2.05, 4.69) is 20.3 Å². The Bertz CT molecular complexity index is 1130. The Balaban J connectivity index is 1.45. The molecule has 0 bridgehead atoms. The van der Waals surface area contributed by atoms with Gasteiger partial charge in [-0.1, -0.05) is 12.1 Å². The summed E-state index contributed by atoms with van der Waals surface area (Å²) in [6.45, 7) is 1.10. The van der Waals surface area contributed by atoms with Gasteiger partial charge in [-0.2, -0.15) is 0 Å². The molecule has 1 fully saturated rings. The quantitative estimate of drug-likeness (QED) is 0.638. The third kappa shape index (κ3) is 4.31. The summed E-state index contributed by atoms with van der Waals surface area (Å²) in [4.78, 5) is 40.7. The van der Waals surface area contributed by atoms with Crippen LogP contribution in [-0.4, -0.2) is 57.8 Å². The Morgan fingerprint density at radius 2 is 1.69 bits per heavy atom. The number of nitrogens with zero attached hydrogens (tertiary/aromatic N) is 5. The summed E-state index contributed by atoms with van der Waals surface area (Å²) in [5, 5.41) is 2.60. The molecular formula is C21H19F2N7O2. The van der Waals surface area contributed by atoms with E-state index in [1.54, 1.807) is 18.2 Å². The molecule has 3 heterocycles. The lowest BCUT2D eigenvalue weighted by Crippen LogP contribution is -2.49. The molecule has 0 aliphatic carbocycles. The zero-order valence-electron chi connectivity index (χ0n) is 16.8. The molecule has 0 atom stereocenters. The van der Waals surface area contributed by atoms with E-state index in [1.165, 1.54) is 23.4 Å². The highest BCUT2D eigenvalue weighted by Gasteiger charge is 2.27. The fourth-order valence-corrected chi connectivity index (χ4v) is 3.32. The van der Waals surface area contributed by atoms with Crippen LogP contribution in [0.25, 0.3) is 0 Å². The molecule has 1 saturated heterocycles. The maximum absolute atomic E-state index is 13.9. The number of nitrogen functional groups attached to an aromatic ring is 1. The van der Waals surface area contributed by atoms with Crippen molar-refractivity contribution in [1.29, 1.82) is 0 Å². The van der Waals surface area contributed by atoms with Gasteiger partial charge in [-0.25, -0.2) is 23.7 Å². The molecule has 0 spiro atoms. The van der Waals surface area contributed by atoms with Crippen molar-refractivity contribution in [2.45, 2.75) is 0 Å². The first kappa shape index (κ1) is 21.1. The number of amides is 2. The van der Waals surface area contributed by atoms with Crippen LogP contribution in [0.5, 0.6) is 0 Å². The summed E-state index contributed by atoms with van der Waals surface area (Å²) in [7, 11) is 0. The number of anilines is 3. The Morgan fingerprint density at radius 3 is 2.34 bits per heavy atom. The number of hydrogen-bond donors (Lipinski definition) is 2. The van der Waals surface area contributed by atoms with Crippen molar-refractivity contribution in [2.75, 3.05) is 42.1 Å². The number of aromatic nitrogens is 3. The Labute approximate surface area is 181 Å². The standard InChI is InChI=1S/C21H19F2N7O2/c22-13-4-3-5-14(23)17(13)21(32)30-10-8-29(9-11-30)16-12-26-19(24)18(28-16)20(31)27-15-6-1-2-7-25-15/h1-7,12H,8-11H2,(H2,24,26)(H,25,27,31). The molecule has 1 aliphatic rings. The van der Waals surface area contributed by atoms with Crippen molar-refractivity contribution in [3.8, 4) is 0 Å². The van der Waals surface area contributed by atoms with E-state index in [0.29, 0.717) is 24.7 Å². The predicted octanol–water partition coefficient (Wildman–Crippen LogP) is 1.95. The van der Waals surface area contributed by atoms with Crippen molar-refractivity contribution in [3.05, 3.63) is 71.7 Å². The first-order valence-electron chi connectivity index (χ1n) is 9.77. The second-order valence-corrected chi connectivity index (χ2v) is 7.01. The molecule has 1 aliphatic heterocycles. The number of pyridine rings is 1. The van der Waals surface area contributed by atoms with Crippen molar-refractivity contribution >= 4 is 29.3 Å². The molecule has 3 N–H and O–H groups in total. The average Bonchev–Trinajstić information content (AvgIpc) is 2.80. The molecular weight excluding hydrogens is 420 g/mol.